The summed E-state index contributed by atoms with van der Waals surface area (Å²) in [6.07, 6.45) is 0. The molecule has 0 amide bonds. The largest absolute Gasteiger partial charge is 0.399 e. The molecular formula is C16H14N2O. The van der Waals surface area contributed by atoms with E-state index in [1.54, 1.807) is 6.92 Å². The van der Waals surface area contributed by atoms with Crippen molar-refractivity contribution in [3.63, 3.8) is 0 Å². The van der Waals surface area contributed by atoms with Crippen LogP contribution in [0.2, 0.25) is 0 Å². The third kappa shape index (κ3) is 2.03. The Hall–Kier alpha value is -2.42. The molecule has 19 heavy (non-hydrogen) atoms. The maximum Gasteiger partial charge on any atom is 0.178 e. The summed E-state index contributed by atoms with van der Waals surface area (Å²) < 4.78 is 0. The highest BCUT2D eigenvalue weighted by Gasteiger charge is 2.19. The Balaban J connectivity index is 2.03. The van der Waals surface area contributed by atoms with Gasteiger partial charge in [-0.15, -0.1) is 0 Å². The van der Waals surface area contributed by atoms with Crippen LogP contribution in [0, 0.1) is 0 Å². The van der Waals surface area contributed by atoms with Gasteiger partial charge in [-0.1, -0.05) is 24.3 Å². The van der Waals surface area contributed by atoms with E-state index in [-0.39, 0.29) is 5.78 Å². The summed E-state index contributed by atoms with van der Waals surface area (Å²) >= 11 is 0. The molecule has 2 aromatic rings. The first-order valence-electron chi connectivity index (χ1n) is 6.20. The molecule has 3 rings (SSSR count). The smallest absolute Gasteiger partial charge is 0.178 e. The number of ketones is 1. The molecule has 0 saturated heterocycles. The van der Waals surface area contributed by atoms with Crippen LogP contribution >= 0.6 is 0 Å². The van der Waals surface area contributed by atoms with Gasteiger partial charge in [-0.2, -0.15) is 0 Å². The lowest BCUT2D eigenvalue weighted by atomic mass is 9.97. The zero-order chi connectivity index (χ0) is 13.4. The maximum absolute atomic E-state index is 11.5. The fourth-order valence-corrected chi connectivity index (χ4v) is 2.40. The monoisotopic (exact) mass is 250 g/mol. The lowest BCUT2D eigenvalue weighted by Gasteiger charge is -2.06. The first-order valence-corrected chi connectivity index (χ1v) is 6.20. The first-order chi connectivity index (χ1) is 9.15. The van der Waals surface area contributed by atoms with Crippen LogP contribution in [0.3, 0.4) is 0 Å². The van der Waals surface area contributed by atoms with Gasteiger partial charge >= 0.3 is 0 Å². The van der Waals surface area contributed by atoms with E-state index in [1.165, 1.54) is 0 Å². The fourth-order valence-electron chi connectivity index (χ4n) is 2.40. The van der Waals surface area contributed by atoms with E-state index in [9.17, 15) is 4.79 Å². The number of hydrogen-bond donors (Lipinski definition) is 1. The zero-order valence-corrected chi connectivity index (χ0v) is 10.7. The molecule has 2 N–H and O–H groups in total. The summed E-state index contributed by atoms with van der Waals surface area (Å²) in [5, 5.41) is 0. The fraction of sp³-hybridized carbons (Fsp3) is 0.125. The van der Waals surface area contributed by atoms with Crippen molar-refractivity contribution in [1.29, 1.82) is 0 Å². The van der Waals surface area contributed by atoms with Crippen LogP contribution in [0.25, 0.3) is 11.1 Å². The summed E-state index contributed by atoms with van der Waals surface area (Å²) in [7, 11) is 0. The van der Waals surface area contributed by atoms with Gasteiger partial charge in [0.05, 0.1) is 6.54 Å². The van der Waals surface area contributed by atoms with Crippen molar-refractivity contribution in [2.45, 2.75) is 13.5 Å². The van der Waals surface area contributed by atoms with Gasteiger partial charge in [0.15, 0.2) is 5.78 Å². The summed E-state index contributed by atoms with van der Waals surface area (Å²) in [4.78, 5) is 15.8. The van der Waals surface area contributed by atoms with Gasteiger partial charge in [-0.05, 0) is 34.9 Å². The lowest BCUT2D eigenvalue weighted by molar-refractivity contribution is -0.111. The van der Waals surface area contributed by atoms with Crippen LogP contribution in [0.15, 0.2) is 47.5 Å². The molecule has 0 unspecified atom stereocenters. The van der Waals surface area contributed by atoms with E-state index < -0.39 is 0 Å². The van der Waals surface area contributed by atoms with Gasteiger partial charge in [0, 0.05) is 18.2 Å². The molecule has 0 saturated carbocycles. The summed E-state index contributed by atoms with van der Waals surface area (Å²) in [5.41, 5.74) is 11.4. The SMILES string of the molecule is CC(=O)C1=NCc2cc(-c3cccc(N)c3)ccc21. The Morgan fingerprint density at radius 3 is 2.68 bits per heavy atom. The van der Waals surface area contributed by atoms with Crippen LogP contribution in [0.5, 0.6) is 0 Å². The zero-order valence-electron chi connectivity index (χ0n) is 10.7. The number of benzene rings is 2. The third-order valence-corrected chi connectivity index (χ3v) is 3.32. The highest BCUT2D eigenvalue weighted by Crippen LogP contribution is 2.27. The van der Waals surface area contributed by atoms with E-state index in [4.69, 9.17) is 5.73 Å². The Kier molecular flexibility index (Phi) is 2.67. The van der Waals surface area contributed by atoms with Crippen molar-refractivity contribution in [1.82, 2.24) is 0 Å². The van der Waals surface area contributed by atoms with Crippen molar-refractivity contribution in [3.8, 4) is 11.1 Å². The minimum absolute atomic E-state index is 0.0236. The minimum atomic E-state index is 0.0236. The molecule has 3 nitrogen and oxygen atoms in total. The topological polar surface area (TPSA) is 55.5 Å². The highest BCUT2D eigenvalue weighted by atomic mass is 16.1. The van der Waals surface area contributed by atoms with Gasteiger partial charge in [-0.3, -0.25) is 9.79 Å². The number of carbonyl (C=O) groups is 1. The third-order valence-electron chi connectivity index (χ3n) is 3.32. The summed E-state index contributed by atoms with van der Waals surface area (Å²) in [5.74, 6) is 0.0236. The average molecular weight is 250 g/mol. The second-order valence-corrected chi connectivity index (χ2v) is 4.72. The van der Waals surface area contributed by atoms with Crippen molar-refractivity contribution in [2.75, 3.05) is 5.73 Å². The number of Topliss-reactive ketones (excluding diaryl/α,β-unsaturated/α-hetero) is 1. The average Bonchev–Trinajstić information content (AvgIpc) is 2.81. The number of anilines is 1. The Morgan fingerprint density at radius 2 is 1.95 bits per heavy atom. The van der Waals surface area contributed by atoms with Crippen LogP contribution in [0.4, 0.5) is 5.69 Å². The van der Waals surface area contributed by atoms with Crippen molar-refractivity contribution in [3.05, 3.63) is 53.6 Å². The van der Waals surface area contributed by atoms with Gasteiger partial charge in [-0.25, -0.2) is 0 Å². The van der Waals surface area contributed by atoms with Crippen molar-refractivity contribution in [2.24, 2.45) is 4.99 Å². The number of nitrogens with two attached hydrogens (primary N) is 1. The Bertz CT molecular complexity index is 702. The number of carbonyl (C=O) groups excluding carboxylic acids is 1. The molecular weight excluding hydrogens is 236 g/mol. The number of fused-ring (bicyclic) bond motifs is 1. The summed E-state index contributed by atoms with van der Waals surface area (Å²) in [6.45, 7) is 2.14. The molecule has 2 aromatic carbocycles. The number of aliphatic imine (C=N–C) groups is 1. The number of nitrogen functional groups attached to an aromatic ring is 1. The van der Waals surface area contributed by atoms with E-state index in [0.717, 1.165) is 27.9 Å². The van der Waals surface area contributed by atoms with Crippen LogP contribution in [-0.4, -0.2) is 11.5 Å². The van der Waals surface area contributed by atoms with E-state index in [2.05, 4.69) is 11.1 Å². The molecule has 1 aliphatic heterocycles. The van der Waals surface area contributed by atoms with Gasteiger partial charge in [0.1, 0.15) is 5.71 Å². The van der Waals surface area contributed by atoms with E-state index >= 15 is 0 Å². The minimum Gasteiger partial charge on any atom is -0.399 e. The summed E-state index contributed by atoms with van der Waals surface area (Å²) in [6, 6.07) is 13.9. The Morgan fingerprint density at radius 1 is 1.16 bits per heavy atom. The van der Waals surface area contributed by atoms with E-state index in [1.807, 2.05) is 36.4 Å². The molecule has 0 fully saturated rings. The molecule has 1 aliphatic rings. The standard InChI is InChI=1S/C16H14N2O/c1-10(19)16-15-6-5-12(7-13(15)9-18-16)11-3-2-4-14(17)8-11/h2-8H,9,17H2,1H3. The molecule has 1 heterocycles. The second kappa shape index (κ2) is 4.35. The molecule has 0 aromatic heterocycles. The van der Waals surface area contributed by atoms with Crippen molar-refractivity contribution >= 4 is 17.2 Å². The number of nitrogens with zero attached hydrogens (tertiary/aromatic N) is 1. The van der Waals surface area contributed by atoms with E-state index in [0.29, 0.717) is 12.3 Å². The predicted molar refractivity (Wildman–Crippen MR) is 77.2 cm³/mol. The molecule has 3 heteroatoms. The molecule has 0 atom stereocenters. The quantitative estimate of drug-likeness (QED) is 0.833. The van der Waals surface area contributed by atoms with Gasteiger partial charge < -0.3 is 5.73 Å². The van der Waals surface area contributed by atoms with Gasteiger partial charge in [0.2, 0.25) is 0 Å². The highest BCUT2D eigenvalue weighted by molar-refractivity contribution is 6.46. The normalized spacial score (nSPS) is 13.0. The van der Waals surface area contributed by atoms with Gasteiger partial charge in [0.25, 0.3) is 0 Å². The number of rotatable bonds is 2. The molecule has 0 aliphatic carbocycles. The number of hydrogen-bond acceptors (Lipinski definition) is 3. The molecule has 0 radical (unpaired) electrons. The Labute approximate surface area is 111 Å². The lowest BCUT2D eigenvalue weighted by Crippen LogP contribution is -2.08. The van der Waals surface area contributed by atoms with Crippen molar-refractivity contribution < 1.29 is 4.79 Å². The molecule has 0 bridgehead atoms. The maximum atomic E-state index is 11.5. The van der Waals surface area contributed by atoms with Crippen LogP contribution in [0.1, 0.15) is 18.1 Å². The van der Waals surface area contributed by atoms with Crippen LogP contribution < -0.4 is 5.73 Å². The first kappa shape index (κ1) is 11.7. The predicted octanol–water partition coefficient (Wildman–Crippen LogP) is 2.83. The molecule has 0 spiro atoms. The molecule has 94 valence electrons. The second-order valence-electron chi connectivity index (χ2n) is 4.72. The van der Waals surface area contributed by atoms with Crippen LogP contribution in [-0.2, 0) is 11.3 Å².